The van der Waals surface area contributed by atoms with Crippen LogP contribution in [-0.4, -0.2) is 25.6 Å². The van der Waals surface area contributed by atoms with Crippen LogP contribution in [0, 0.1) is 0 Å². The SMILES string of the molecule is CCNc1nccn1Cc1cn(-c2ccc(Cl)c(Cl)c2)cn1.Cl. The number of halogens is 3. The zero-order valence-electron chi connectivity index (χ0n) is 12.4. The number of aromatic nitrogens is 4. The van der Waals surface area contributed by atoms with Crippen LogP contribution in [0.15, 0.2) is 43.1 Å². The summed E-state index contributed by atoms with van der Waals surface area (Å²) in [7, 11) is 0. The molecule has 0 radical (unpaired) electrons. The predicted octanol–water partition coefficient (Wildman–Crippen LogP) is 4.28. The van der Waals surface area contributed by atoms with Gasteiger partial charge in [0.1, 0.15) is 0 Å². The number of hydrogen-bond acceptors (Lipinski definition) is 3. The van der Waals surface area contributed by atoms with Gasteiger partial charge in [-0.05, 0) is 25.1 Å². The van der Waals surface area contributed by atoms with Gasteiger partial charge in [0.25, 0.3) is 0 Å². The maximum Gasteiger partial charge on any atom is 0.203 e. The average Bonchev–Trinajstić information content (AvgIpc) is 3.13. The highest BCUT2D eigenvalue weighted by Gasteiger charge is 2.07. The molecule has 5 nitrogen and oxygen atoms in total. The average molecular weight is 373 g/mol. The first kappa shape index (κ1) is 17.7. The van der Waals surface area contributed by atoms with Crippen molar-refractivity contribution in [2.24, 2.45) is 0 Å². The first-order valence-corrected chi connectivity index (χ1v) is 7.66. The van der Waals surface area contributed by atoms with Crippen LogP contribution in [0.25, 0.3) is 5.69 Å². The van der Waals surface area contributed by atoms with Gasteiger partial charge in [-0.1, -0.05) is 23.2 Å². The molecule has 0 amide bonds. The number of nitrogens with zero attached hydrogens (tertiary/aromatic N) is 4. The highest BCUT2D eigenvalue weighted by atomic mass is 35.5. The lowest BCUT2D eigenvalue weighted by atomic mass is 10.3. The maximum atomic E-state index is 6.05. The third kappa shape index (κ3) is 3.99. The summed E-state index contributed by atoms with van der Waals surface area (Å²) in [5.74, 6) is 0.839. The third-order valence-corrected chi connectivity index (χ3v) is 3.96. The third-order valence-electron chi connectivity index (χ3n) is 3.22. The Hall–Kier alpha value is -1.69. The number of hydrogen-bond donors (Lipinski definition) is 1. The molecule has 2 heterocycles. The molecule has 0 saturated carbocycles. The van der Waals surface area contributed by atoms with Crippen LogP contribution in [0.1, 0.15) is 12.6 Å². The van der Waals surface area contributed by atoms with Gasteiger partial charge in [-0.2, -0.15) is 0 Å². The van der Waals surface area contributed by atoms with Gasteiger partial charge in [-0.25, -0.2) is 9.97 Å². The fourth-order valence-corrected chi connectivity index (χ4v) is 2.46. The molecule has 0 fully saturated rings. The molecule has 0 unspecified atom stereocenters. The summed E-state index contributed by atoms with van der Waals surface area (Å²) in [6, 6.07) is 5.50. The van der Waals surface area contributed by atoms with E-state index in [-0.39, 0.29) is 12.4 Å². The van der Waals surface area contributed by atoms with Crippen molar-refractivity contribution in [1.29, 1.82) is 0 Å². The van der Waals surface area contributed by atoms with Crippen molar-refractivity contribution < 1.29 is 0 Å². The Kier molecular flexibility index (Phi) is 5.93. The fraction of sp³-hybridized carbons (Fsp3) is 0.200. The van der Waals surface area contributed by atoms with Gasteiger partial charge in [-0.15, -0.1) is 12.4 Å². The highest BCUT2D eigenvalue weighted by Crippen LogP contribution is 2.24. The molecule has 3 aromatic rings. The van der Waals surface area contributed by atoms with E-state index in [1.807, 2.05) is 40.6 Å². The molecule has 0 aliphatic carbocycles. The Morgan fingerprint density at radius 2 is 2.00 bits per heavy atom. The number of rotatable bonds is 5. The van der Waals surface area contributed by atoms with E-state index in [0.717, 1.165) is 23.9 Å². The molecule has 0 aliphatic heterocycles. The molecule has 1 N–H and O–H groups in total. The summed E-state index contributed by atoms with van der Waals surface area (Å²) in [6.07, 6.45) is 7.43. The molecule has 0 spiro atoms. The van der Waals surface area contributed by atoms with Crippen molar-refractivity contribution in [3.63, 3.8) is 0 Å². The van der Waals surface area contributed by atoms with Gasteiger partial charge in [0, 0.05) is 30.8 Å². The molecule has 0 aliphatic rings. The van der Waals surface area contributed by atoms with E-state index >= 15 is 0 Å². The van der Waals surface area contributed by atoms with Crippen LogP contribution in [0.4, 0.5) is 5.95 Å². The minimum atomic E-state index is 0. The Bertz CT molecular complexity index is 781. The van der Waals surface area contributed by atoms with Crippen molar-refractivity contribution in [2.75, 3.05) is 11.9 Å². The zero-order chi connectivity index (χ0) is 15.5. The second kappa shape index (κ2) is 7.73. The van der Waals surface area contributed by atoms with Crippen LogP contribution in [0.2, 0.25) is 10.0 Å². The smallest absolute Gasteiger partial charge is 0.203 e. The largest absolute Gasteiger partial charge is 0.356 e. The number of imidazole rings is 2. The van der Waals surface area contributed by atoms with Gasteiger partial charge in [-0.3, -0.25) is 0 Å². The van der Waals surface area contributed by atoms with E-state index < -0.39 is 0 Å². The van der Waals surface area contributed by atoms with Gasteiger partial charge >= 0.3 is 0 Å². The second-order valence-corrected chi connectivity index (χ2v) is 5.59. The van der Waals surface area contributed by atoms with Crippen molar-refractivity contribution in [3.8, 4) is 5.69 Å². The summed E-state index contributed by atoms with van der Waals surface area (Å²) in [5.41, 5.74) is 1.86. The summed E-state index contributed by atoms with van der Waals surface area (Å²) in [4.78, 5) is 8.70. The van der Waals surface area contributed by atoms with E-state index in [9.17, 15) is 0 Å². The standard InChI is InChI=1S/C15H15Cl2N5.ClH/c1-2-18-15-19-5-6-21(15)8-11-9-22(10-20-11)12-3-4-13(16)14(17)7-12;/h3-7,9-10H,2,8H2,1H3,(H,18,19);1H. The van der Waals surface area contributed by atoms with Crippen LogP contribution in [0.5, 0.6) is 0 Å². The predicted molar refractivity (Wildman–Crippen MR) is 96.3 cm³/mol. The molecule has 1 aromatic carbocycles. The summed E-state index contributed by atoms with van der Waals surface area (Å²) in [6.45, 7) is 3.52. The van der Waals surface area contributed by atoms with Gasteiger partial charge in [0.05, 0.1) is 28.6 Å². The Balaban J connectivity index is 0.00000192. The van der Waals surface area contributed by atoms with E-state index in [0.29, 0.717) is 16.6 Å². The van der Waals surface area contributed by atoms with E-state index in [1.165, 1.54) is 0 Å². The molecular formula is C15H16Cl3N5. The van der Waals surface area contributed by atoms with Gasteiger partial charge in [0.2, 0.25) is 5.95 Å². The Labute approximate surface area is 150 Å². The first-order valence-electron chi connectivity index (χ1n) is 6.90. The quantitative estimate of drug-likeness (QED) is 0.727. The fourth-order valence-electron chi connectivity index (χ4n) is 2.17. The molecule has 122 valence electrons. The molecule has 8 heteroatoms. The van der Waals surface area contributed by atoms with Gasteiger partial charge in [0.15, 0.2) is 0 Å². The number of nitrogens with one attached hydrogen (secondary N) is 1. The molecule has 23 heavy (non-hydrogen) atoms. The summed E-state index contributed by atoms with van der Waals surface area (Å²) < 4.78 is 3.94. The van der Waals surface area contributed by atoms with Crippen molar-refractivity contribution in [2.45, 2.75) is 13.5 Å². The monoisotopic (exact) mass is 371 g/mol. The van der Waals surface area contributed by atoms with E-state index in [4.69, 9.17) is 23.2 Å². The molecule has 2 aromatic heterocycles. The zero-order valence-corrected chi connectivity index (χ0v) is 14.7. The topological polar surface area (TPSA) is 47.7 Å². The lowest BCUT2D eigenvalue weighted by Crippen LogP contribution is -2.07. The first-order chi connectivity index (χ1) is 10.7. The summed E-state index contributed by atoms with van der Waals surface area (Å²) in [5, 5.41) is 4.28. The van der Waals surface area contributed by atoms with Crippen LogP contribution >= 0.6 is 35.6 Å². The Morgan fingerprint density at radius 1 is 1.17 bits per heavy atom. The molecule has 3 rings (SSSR count). The maximum absolute atomic E-state index is 6.05. The minimum absolute atomic E-state index is 0. The van der Waals surface area contributed by atoms with Crippen molar-refractivity contribution in [1.82, 2.24) is 19.1 Å². The molecule has 0 saturated heterocycles. The molecule has 0 atom stereocenters. The lowest BCUT2D eigenvalue weighted by molar-refractivity contribution is 0.781. The number of benzene rings is 1. The highest BCUT2D eigenvalue weighted by molar-refractivity contribution is 6.42. The van der Waals surface area contributed by atoms with E-state index in [2.05, 4.69) is 15.3 Å². The molecule has 0 bridgehead atoms. The van der Waals surface area contributed by atoms with Crippen LogP contribution in [0.3, 0.4) is 0 Å². The minimum Gasteiger partial charge on any atom is -0.356 e. The number of anilines is 1. The lowest BCUT2D eigenvalue weighted by Gasteiger charge is -2.06. The van der Waals surface area contributed by atoms with Crippen LogP contribution < -0.4 is 5.32 Å². The Morgan fingerprint density at radius 3 is 2.74 bits per heavy atom. The van der Waals surface area contributed by atoms with Gasteiger partial charge < -0.3 is 14.5 Å². The summed E-state index contributed by atoms with van der Waals surface area (Å²) >= 11 is 12.0. The second-order valence-electron chi connectivity index (χ2n) is 4.78. The van der Waals surface area contributed by atoms with Crippen LogP contribution in [-0.2, 0) is 6.54 Å². The molecular weight excluding hydrogens is 357 g/mol. The van der Waals surface area contributed by atoms with Crippen molar-refractivity contribution in [3.05, 3.63) is 58.9 Å². The normalized spacial score (nSPS) is 10.4. The van der Waals surface area contributed by atoms with Crippen molar-refractivity contribution >= 4 is 41.6 Å². The van der Waals surface area contributed by atoms with E-state index in [1.54, 1.807) is 18.6 Å².